The summed E-state index contributed by atoms with van der Waals surface area (Å²) < 4.78 is 0. The van der Waals surface area contributed by atoms with Gasteiger partial charge < -0.3 is 15.5 Å². The maximum Gasteiger partial charge on any atom is 0.191 e. The van der Waals surface area contributed by atoms with E-state index < -0.39 is 0 Å². The molecule has 23 heavy (non-hydrogen) atoms. The van der Waals surface area contributed by atoms with Gasteiger partial charge in [-0.2, -0.15) is 0 Å². The summed E-state index contributed by atoms with van der Waals surface area (Å²) in [6.45, 7) is 6.72. The number of halogens is 1. The topological polar surface area (TPSA) is 42.9 Å². The summed E-state index contributed by atoms with van der Waals surface area (Å²) >= 11 is 0. The van der Waals surface area contributed by atoms with Gasteiger partial charge in [0.15, 0.2) is 5.96 Å². The Labute approximate surface area is 159 Å². The fourth-order valence-corrected chi connectivity index (χ4v) is 3.64. The molecule has 2 aliphatic rings. The van der Waals surface area contributed by atoms with E-state index in [1.807, 2.05) is 7.05 Å². The molecule has 2 N–H and O–H groups in total. The molecule has 1 saturated carbocycles. The molecular weight excluding hydrogens is 401 g/mol. The quantitative estimate of drug-likeness (QED) is 0.401. The van der Waals surface area contributed by atoms with Gasteiger partial charge in [-0.15, -0.1) is 24.0 Å². The number of hydrogen-bond donors (Lipinski definition) is 2. The molecule has 0 aromatic rings. The average Bonchev–Trinajstić information content (AvgIpc) is 2.55. The summed E-state index contributed by atoms with van der Waals surface area (Å²) in [7, 11) is 6.31. The van der Waals surface area contributed by atoms with Crippen LogP contribution in [0.15, 0.2) is 4.99 Å². The third-order valence-electron chi connectivity index (χ3n) is 5.47. The molecule has 1 unspecified atom stereocenters. The highest BCUT2D eigenvalue weighted by Gasteiger charge is 2.23. The van der Waals surface area contributed by atoms with E-state index in [1.54, 1.807) is 0 Å². The van der Waals surface area contributed by atoms with E-state index in [-0.39, 0.29) is 24.0 Å². The molecular formula is C17H36IN5. The van der Waals surface area contributed by atoms with Crippen LogP contribution in [0, 0.1) is 5.92 Å². The van der Waals surface area contributed by atoms with Gasteiger partial charge in [0.05, 0.1) is 0 Å². The zero-order valence-corrected chi connectivity index (χ0v) is 17.7. The van der Waals surface area contributed by atoms with Crippen molar-refractivity contribution in [1.29, 1.82) is 0 Å². The number of aliphatic imine (C=N–C) groups is 1. The molecule has 1 aliphatic heterocycles. The van der Waals surface area contributed by atoms with E-state index in [4.69, 9.17) is 0 Å². The van der Waals surface area contributed by atoms with E-state index in [9.17, 15) is 0 Å². The van der Waals surface area contributed by atoms with Crippen molar-refractivity contribution in [2.75, 3.05) is 47.3 Å². The Balaban J connectivity index is 0.00000264. The Morgan fingerprint density at radius 3 is 2.43 bits per heavy atom. The van der Waals surface area contributed by atoms with Crippen LogP contribution in [-0.4, -0.2) is 75.2 Å². The first-order valence-electron chi connectivity index (χ1n) is 8.98. The predicted octanol–water partition coefficient (Wildman–Crippen LogP) is 1.98. The lowest BCUT2D eigenvalue weighted by Crippen LogP contribution is -2.56. The highest BCUT2D eigenvalue weighted by atomic mass is 127. The van der Waals surface area contributed by atoms with Crippen molar-refractivity contribution in [3.05, 3.63) is 0 Å². The summed E-state index contributed by atoms with van der Waals surface area (Å²) in [6, 6.07) is 1.16. The van der Waals surface area contributed by atoms with Crippen molar-refractivity contribution >= 4 is 29.9 Å². The second kappa shape index (κ2) is 10.7. The van der Waals surface area contributed by atoms with Crippen LogP contribution in [0.25, 0.3) is 0 Å². The van der Waals surface area contributed by atoms with E-state index >= 15 is 0 Å². The van der Waals surface area contributed by atoms with Crippen molar-refractivity contribution < 1.29 is 0 Å². The fraction of sp³-hybridized carbons (Fsp3) is 0.941. The van der Waals surface area contributed by atoms with Crippen LogP contribution in [0.5, 0.6) is 0 Å². The molecule has 136 valence electrons. The highest BCUT2D eigenvalue weighted by molar-refractivity contribution is 14.0. The van der Waals surface area contributed by atoms with Crippen molar-refractivity contribution in [2.45, 2.75) is 51.1 Å². The van der Waals surface area contributed by atoms with E-state index in [1.165, 1.54) is 38.6 Å². The van der Waals surface area contributed by atoms with Crippen molar-refractivity contribution in [3.63, 3.8) is 0 Å². The molecule has 5 nitrogen and oxygen atoms in total. The van der Waals surface area contributed by atoms with Crippen LogP contribution in [-0.2, 0) is 0 Å². The first-order chi connectivity index (χ1) is 10.6. The standard InChI is InChI=1S/C17H35N5.HI/c1-5-14-6-8-15(9-7-14)20-17(18-2)19-12-16-13-21(3)10-11-22(16)4;/h14-16H,5-13H2,1-4H3,(H2,18,19,20);1H. The molecule has 0 radical (unpaired) electrons. The fourth-order valence-electron chi connectivity index (χ4n) is 3.64. The number of hydrogen-bond acceptors (Lipinski definition) is 3. The van der Waals surface area contributed by atoms with Gasteiger partial charge in [-0.3, -0.25) is 9.89 Å². The molecule has 1 atom stereocenters. The Bertz CT molecular complexity index is 355. The predicted molar refractivity (Wildman–Crippen MR) is 110 cm³/mol. The third-order valence-corrected chi connectivity index (χ3v) is 5.47. The van der Waals surface area contributed by atoms with Gasteiger partial charge in [-0.1, -0.05) is 13.3 Å². The smallest absolute Gasteiger partial charge is 0.191 e. The van der Waals surface area contributed by atoms with Crippen LogP contribution in [0.2, 0.25) is 0 Å². The lowest BCUT2D eigenvalue weighted by Gasteiger charge is -2.38. The summed E-state index contributed by atoms with van der Waals surface area (Å²) in [4.78, 5) is 9.27. The Hall–Kier alpha value is -0.0800. The summed E-state index contributed by atoms with van der Waals surface area (Å²) in [5.74, 6) is 1.92. The molecule has 0 bridgehead atoms. The van der Waals surface area contributed by atoms with Crippen molar-refractivity contribution in [2.24, 2.45) is 10.9 Å². The van der Waals surface area contributed by atoms with Gasteiger partial charge in [-0.25, -0.2) is 0 Å². The zero-order chi connectivity index (χ0) is 15.9. The van der Waals surface area contributed by atoms with Gasteiger partial charge in [0, 0.05) is 45.3 Å². The van der Waals surface area contributed by atoms with Gasteiger partial charge in [0.1, 0.15) is 0 Å². The van der Waals surface area contributed by atoms with Gasteiger partial charge >= 0.3 is 0 Å². The van der Waals surface area contributed by atoms with Crippen molar-refractivity contribution in [1.82, 2.24) is 20.4 Å². The maximum atomic E-state index is 4.41. The van der Waals surface area contributed by atoms with Crippen LogP contribution in [0.3, 0.4) is 0 Å². The highest BCUT2D eigenvalue weighted by Crippen LogP contribution is 2.26. The molecule has 1 aliphatic carbocycles. The van der Waals surface area contributed by atoms with Gasteiger partial charge in [0.25, 0.3) is 0 Å². The Morgan fingerprint density at radius 2 is 1.83 bits per heavy atom. The minimum absolute atomic E-state index is 0. The SMILES string of the molecule is CCC1CCC(NC(=NC)NCC2CN(C)CCN2C)CC1.I. The minimum Gasteiger partial charge on any atom is -0.355 e. The minimum atomic E-state index is 0. The number of rotatable bonds is 4. The van der Waals surface area contributed by atoms with E-state index in [2.05, 4.69) is 46.4 Å². The van der Waals surface area contributed by atoms with Gasteiger partial charge in [0.2, 0.25) is 0 Å². The lowest BCUT2D eigenvalue weighted by molar-refractivity contribution is 0.116. The molecule has 2 rings (SSSR count). The molecule has 0 spiro atoms. The monoisotopic (exact) mass is 437 g/mol. The number of guanidine groups is 1. The van der Waals surface area contributed by atoms with Crippen LogP contribution in [0.1, 0.15) is 39.0 Å². The first-order valence-corrected chi connectivity index (χ1v) is 8.98. The molecule has 6 heteroatoms. The molecule has 0 amide bonds. The Kier molecular flexibility index (Phi) is 9.77. The number of nitrogens with zero attached hydrogens (tertiary/aromatic N) is 3. The largest absolute Gasteiger partial charge is 0.355 e. The molecule has 1 saturated heterocycles. The summed E-state index contributed by atoms with van der Waals surface area (Å²) in [5, 5.41) is 7.16. The summed E-state index contributed by atoms with van der Waals surface area (Å²) in [5.41, 5.74) is 0. The molecule has 0 aromatic heterocycles. The summed E-state index contributed by atoms with van der Waals surface area (Å²) in [6.07, 6.45) is 6.63. The molecule has 2 fully saturated rings. The lowest BCUT2D eigenvalue weighted by atomic mass is 9.84. The Morgan fingerprint density at radius 1 is 1.13 bits per heavy atom. The maximum absolute atomic E-state index is 4.41. The second-order valence-electron chi connectivity index (χ2n) is 7.12. The molecule has 1 heterocycles. The van der Waals surface area contributed by atoms with Crippen molar-refractivity contribution in [3.8, 4) is 0 Å². The zero-order valence-electron chi connectivity index (χ0n) is 15.3. The number of nitrogens with one attached hydrogen (secondary N) is 2. The van der Waals surface area contributed by atoms with Crippen LogP contribution < -0.4 is 10.6 Å². The van der Waals surface area contributed by atoms with E-state index in [0.29, 0.717) is 12.1 Å². The normalized spacial score (nSPS) is 30.6. The number of likely N-dealkylation sites (N-methyl/N-ethyl adjacent to an activating group) is 2. The molecule has 0 aromatic carbocycles. The van der Waals surface area contributed by atoms with Crippen LogP contribution in [0.4, 0.5) is 0 Å². The first kappa shape index (κ1) is 21.0. The van der Waals surface area contributed by atoms with Crippen LogP contribution >= 0.6 is 24.0 Å². The van der Waals surface area contributed by atoms with E-state index in [0.717, 1.165) is 31.5 Å². The van der Waals surface area contributed by atoms with Gasteiger partial charge in [-0.05, 0) is 45.7 Å². The average molecular weight is 437 g/mol. The number of piperazine rings is 1. The third kappa shape index (κ3) is 6.74. The second-order valence-corrected chi connectivity index (χ2v) is 7.12.